The van der Waals surface area contributed by atoms with Crippen molar-refractivity contribution in [3.63, 3.8) is 0 Å². The molecule has 0 atom stereocenters. The topological polar surface area (TPSA) is 6.48 Å². The molecular formula is C27H36GeN2P. The normalized spacial score (nSPS) is 10.8. The Bertz CT molecular complexity index is 756. The van der Waals surface area contributed by atoms with E-state index < -0.39 is 14.3 Å². The number of hydrogen-bond acceptors (Lipinski definition) is 0. The minimum absolute atomic E-state index is 1.06. The monoisotopic (exact) mass is 493 g/mol. The van der Waals surface area contributed by atoms with Gasteiger partial charge < -0.3 is 0 Å². The first kappa shape index (κ1) is 25.6. The Kier molecular flexibility index (Phi) is 11.8. The number of nitrogens with zero attached hydrogens (tertiary/aromatic N) is 2. The van der Waals surface area contributed by atoms with Gasteiger partial charge >= 0.3 is 119 Å². The molecule has 0 aliphatic carbocycles. The Hall–Kier alpha value is -1.71. The van der Waals surface area contributed by atoms with Gasteiger partial charge in [0.05, 0.1) is 5.54 Å². The Balaban J connectivity index is 0.000000248. The molecule has 0 N–H and O–H groups in total. The van der Waals surface area contributed by atoms with Crippen LogP contribution in [0.2, 0.25) is 0 Å². The molecule has 3 aromatic rings. The van der Waals surface area contributed by atoms with E-state index in [0.29, 0.717) is 0 Å². The molecule has 163 valence electrons. The minimum atomic E-state index is -1.63. The summed E-state index contributed by atoms with van der Waals surface area (Å²) in [5, 5.41) is 0. The van der Waals surface area contributed by atoms with Crippen LogP contribution >= 0.6 is 8.86 Å². The van der Waals surface area contributed by atoms with Crippen molar-refractivity contribution in [3.05, 3.63) is 91.0 Å². The molecule has 4 heteroatoms. The predicted molar refractivity (Wildman–Crippen MR) is 143 cm³/mol. The van der Waals surface area contributed by atoms with Crippen molar-refractivity contribution in [1.29, 1.82) is 0 Å². The molecule has 31 heavy (non-hydrogen) atoms. The molecule has 1 radical (unpaired) electrons. The van der Waals surface area contributed by atoms with Gasteiger partial charge in [-0.1, -0.05) is 36.6 Å². The molecule has 0 spiro atoms. The van der Waals surface area contributed by atoms with Crippen molar-refractivity contribution < 1.29 is 0 Å². The third kappa shape index (κ3) is 7.73. The third-order valence-corrected chi connectivity index (χ3v) is 11.7. The van der Waals surface area contributed by atoms with Gasteiger partial charge in [0.25, 0.3) is 0 Å². The second-order valence-corrected chi connectivity index (χ2v) is 12.8. The fraction of sp³-hybridized carbons (Fsp3) is 0.296. The van der Waals surface area contributed by atoms with E-state index in [-0.39, 0.29) is 0 Å². The first-order chi connectivity index (χ1) is 15.2. The van der Waals surface area contributed by atoms with Crippen molar-refractivity contribution >= 4 is 41.9 Å². The molecule has 0 aromatic heterocycles. The van der Waals surface area contributed by atoms with Crippen LogP contribution < -0.4 is 13.2 Å². The van der Waals surface area contributed by atoms with Gasteiger partial charge in [-0.2, -0.15) is 0 Å². The summed E-state index contributed by atoms with van der Waals surface area (Å²) in [6.45, 7) is 12.9. The molecule has 3 aromatic carbocycles. The van der Waals surface area contributed by atoms with Crippen molar-refractivity contribution in [2.24, 2.45) is 0 Å². The van der Waals surface area contributed by atoms with Gasteiger partial charge in [-0.3, -0.25) is 9.80 Å². The van der Waals surface area contributed by atoms with E-state index in [1.807, 2.05) is 0 Å². The number of hydrogen-bond donors (Lipinski definition) is 0. The molecule has 0 aliphatic heterocycles. The van der Waals surface area contributed by atoms with E-state index in [1.54, 1.807) is 0 Å². The molecule has 3 rings (SSSR count). The van der Waals surface area contributed by atoms with E-state index >= 15 is 0 Å². The Morgan fingerprint density at radius 3 is 1.03 bits per heavy atom. The molecule has 0 aliphatic rings. The van der Waals surface area contributed by atoms with Gasteiger partial charge in [0.2, 0.25) is 0 Å². The Morgan fingerprint density at radius 1 is 0.548 bits per heavy atom. The quantitative estimate of drug-likeness (QED) is 0.328. The van der Waals surface area contributed by atoms with Gasteiger partial charge in [-0.15, -0.1) is 0 Å². The van der Waals surface area contributed by atoms with Crippen LogP contribution in [0.15, 0.2) is 91.0 Å². The Morgan fingerprint density at radius 2 is 0.806 bits per heavy atom. The third-order valence-electron chi connectivity index (χ3n) is 5.31. The maximum atomic E-state index is 3.67. The van der Waals surface area contributed by atoms with Crippen molar-refractivity contribution in [1.82, 2.24) is 9.80 Å². The summed E-state index contributed by atoms with van der Waals surface area (Å²) in [5.74, 6) is 0. The number of rotatable bonds is 9. The van der Waals surface area contributed by atoms with Crippen LogP contribution in [0.3, 0.4) is 0 Å². The molecule has 0 fully saturated rings. The van der Waals surface area contributed by atoms with Gasteiger partial charge in [0.15, 0.2) is 0 Å². The van der Waals surface area contributed by atoms with E-state index in [9.17, 15) is 0 Å². The molecule has 0 bridgehead atoms. The summed E-state index contributed by atoms with van der Waals surface area (Å²) < 4.78 is 4.50. The van der Waals surface area contributed by atoms with Crippen LogP contribution in [-0.4, -0.2) is 55.9 Å². The second kappa shape index (κ2) is 14.4. The van der Waals surface area contributed by atoms with E-state index in [4.69, 9.17) is 0 Å². The first-order valence-corrected chi connectivity index (χ1v) is 14.9. The van der Waals surface area contributed by atoms with Crippen LogP contribution in [0.25, 0.3) is 0 Å². The average Bonchev–Trinajstić information content (AvgIpc) is 2.83. The van der Waals surface area contributed by atoms with Crippen LogP contribution in [-0.2, 0) is 0 Å². The summed E-state index contributed by atoms with van der Waals surface area (Å²) in [4.78, 5) is 4.62. The van der Waals surface area contributed by atoms with Crippen molar-refractivity contribution in [2.45, 2.75) is 27.7 Å². The van der Waals surface area contributed by atoms with Crippen molar-refractivity contribution in [2.75, 3.05) is 26.2 Å². The SMILES string of the molecule is CCN(CC)C(=P)N(CC)CC.c1cc[c]([Ge]([c]2ccccc2)[c]2ccccc2)cc1. The fourth-order valence-corrected chi connectivity index (χ4v) is 9.60. The van der Waals surface area contributed by atoms with Crippen LogP contribution in [0.1, 0.15) is 27.7 Å². The molecular weight excluding hydrogens is 456 g/mol. The van der Waals surface area contributed by atoms with Crippen molar-refractivity contribution in [3.8, 4) is 0 Å². The van der Waals surface area contributed by atoms with E-state index in [0.717, 1.165) is 26.2 Å². The first-order valence-electron chi connectivity index (χ1n) is 11.3. The standard InChI is InChI=1S/C18H15Ge.C9H21N2P/c1-4-10-16(11-5-1)19(17-12-6-2-7-13-17)18-14-8-3-9-15-18;1-5-10(6-2)9(12)11(7-3)8-4/h1-15H;12H,5-8H2,1-4H3. The molecule has 0 saturated carbocycles. The Labute approximate surface area is 196 Å². The van der Waals surface area contributed by atoms with Gasteiger partial charge in [0, 0.05) is 26.2 Å². The van der Waals surface area contributed by atoms with E-state index in [2.05, 4.69) is 137 Å². The van der Waals surface area contributed by atoms with Crippen LogP contribution in [0.5, 0.6) is 0 Å². The van der Waals surface area contributed by atoms with Gasteiger partial charge in [-0.05, 0) is 0 Å². The zero-order chi connectivity index (χ0) is 22.5. The summed E-state index contributed by atoms with van der Waals surface area (Å²) in [7, 11) is 3.67. The summed E-state index contributed by atoms with van der Waals surface area (Å²) >= 11 is -1.63. The zero-order valence-electron chi connectivity index (χ0n) is 19.4. The molecule has 0 unspecified atom stereocenters. The predicted octanol–water partition coefficient (Wildman–Crippen LogP) is 4.10. The number of benzene rings is 3. The maximum absolute atomic E-state index is 3.67. The zero-order valence-corrected chi connectivity index (χ0v) is 22.5. The van der Waals surface area contributed by atoms with Crippen LogP contribution in [0, 0.1) is 0 Å². The summed E-state index contributed by atoms with van der Waals surface area (Å²) in [6.07, 6.45) is 0. The van der Waals surface area contributed by atoms with Gasteiger partial charge in [0.1, 0.15) is 0 Å². The second-order valence-electron chi connectivity index (χ2n) is 7.14. The summed E-state index contributed by atoms with van der Waals surface area (Å²) in [6, 6.07) is 32.8. The molecule has 0 amide bonds. The molecule has 0 saturated heterocycles. The fourth-order valence-electron chi connectivity index (χ4n) is 3.56. The van der Waals surface area contributed by atoms with Gasteiger partial charge in [-0.25, -0.2) is 0 Å². The molecule has 2 nitrogen and oxygen atoms in total. The molecule has 0 heterocycles. The van der Waals surface area contributed by atoms with E-state index in [1.165, 1.54) is 18.7 Å². The average molecular weight is 492 g/mol. The van der Waals surface area contributed by atoms with Crippen LogP contribution in [0.4, 0.5) is 0 Å². The summed E-state index contributed by atoms with van der Waals surface area (Å²) in [5.41, 5.74) is 1.21.